The van der Waals surface area contributed by atoms with Crippen molar-refractivity contribution in [1.82, 2.24) is 0 Å². The van der Waals surface area contributed by atoms with Crippen LogP contribution in [0.25, 0.3) is 0 Å². The molecular weight excluding hydrogens is 304 g/mol. The number of halogens is 3. The van der Waals surface area contributed by atoms with Crippen LogP contribution in [-0.2, 0) is 6.42 Å². The van der Waals surface area contributed by atoms with Crippen molar-refractivity contribution in [2.75, 3.05) is 0 Å². The zero-order valence-electron chi connectivity index (χ0n) is 10.5. The lowest BCUT2D eigenvalue weighted by atomic mass is 10.0. The third-order valence-electron chi connectivity index (χ3n) is 2.76. The summed E-state index contributed by atoms with van der Waals surface area (Å²) >= 11 is 5.72. The molecule has 0 N–H and O–H groups in total. The molecule has 0 aliphatic rings. The highest BCUT2D eigenvalue weighted by molar-refractivity contribution is 6.31. The van der Waals surface area contributed by atoms with Crippen LogP contribution in [0.4, 0.5) is 14.5 Å². The molecule has 0 saturated heterocycles. The van der Waals surface area contributed by atoms with Gasteiger partial charge in [0.1, 0.15) is 0 Å². The molecule has 0 saturated carbocycles. The molecule has 7 heteroatoms. The number of carbonyl (C=O) groups excluding carboxylic acids is 1. The Balaban J connectivity index is 2.27. The molecule has 0 fully saturated rings. The number of ketones is 1. The lowest BCUT2D eigenvalue weighted by molar-refractivity contribution is -0.384. The highest BCUT2D eigenvalue weighted by Gasteiger charge is 2.15. The van der Waals surface area contributed by atoms with Crippen LogP contribution in [0.2, 0.25) is 5.02 Å². The smallest absolute Gasteiger partial charge is 0.271 e. The molecule has 0 amide bonds. The number of Topliss-reactive ketones (excluding diaryl/α,β-unsaturated/α-hetero) is 1. The highest BCUT2D eigenvalue weighted by Crippen LogP contribution is 2.22. The van der Waals surface area contributed by atoms with Crippen molar-refractivity contribution in [3.8, 4) is 0 Å². The third-order valence-corrected chi connectivity index (χ3v) is 2.98. The fourth-order valence-corrected chi connectivity index (χ4v) is 2.01. The molecule has 0 aliphatic heterocycles. The fraction of sp³-hybridized carbons (Fsp3) is 0.0714. The fourth-order valence-electron chi connectivity index (χ4n) is 1.78. The van der Waals surface area contributed by atoms with Gasteiger partial charge in [0.2, 0.25) is 0 Å². The number of hydrogen-bond acceptors (Lipinski definition) is 3. The first-order valence-corrected chi connectivity index (χ1v) is 6.16. The zero-order chi connectivity index (χ0) is 15.6. The maximum absolute atomic E-state index is 13.1. The summed E-state index contributed by atoms with van der Waals surface area (Å²) in [5.74, 6) is -2.55. The highest BCUT2D eigenvalue weighted by atomic mass is 35.5. The van der Waals surface area contributed by atoms with Crippen LogP contribution in [-0.4, -0.2) is 10.7 Å². The third kappa shape index (κ3) is 3.61. The van der Waals surface area contributed by atoms with E-state index in [4.69, 9.17) is 11.6 Å². The van der Waals surface area contributed by atoms with Gasteiger partial charge in [-0.2, -0.15) is 0 Å². The first-order valence-electron chi connectivity index (χ1n) is 5.79. The minimum Gasteiger partial charge on any atom is -0.294 e. The summed E-state index contributed by atoms with van der Waals surface area (Å²) in [5.41, 5.74) is -0.00315. The monoisotopic (exact) mass is 311 g/mol. The molecule has 0 aliphatic carbocycles. The summed E-state index contributed by atoms with van der Waals surface area (Å²) in [7, 11) is 0. The molecule has 0 spiro atoms. The van der Waals surface area contributed by atoms with E-state index in [1.807, 2.05) is 0 Å². The maximum Gasteiger partial charge on any atom is 0.271 e. The van der Waals surface area contributed by atoms with Gasteiger partial charge < -0.3 is 0 Å². The van der Waals surface area contributed by atoms with Crippen LogP contribution in [0.3, 0.4) is 0 Å². The first-order chi connectivity index (χ1) is 9.86. The Morgan fingerprint density at radius 3 is 2.48 bits per heavy atom. The molecule has 2 aromatic rings. The van der Waals surface area contributed by atoms with Crippen molar-refractivity contribution < 1.29 is 18.5 Å². The molecule has 0 heterocycles. The van der Waals surface area contributed by atoms with Crippen LogP contribution in [0.1, 0.15) is 15.9 Å². The van der Waals surface area contributed by atoms with Crippen LogP contribution in [0, 0.1) is 21.7 Å². The molecule has 0 bridgehead atoms. The van der Waals surface area contributed by atoms with E-state index in [1.165, 1.54) is 12.1 Å². The summed E-state index contributed by atoms with van der Waals surface area (Å²) in [5, 5.41) is 10.8. The van der Waals surface area contributed by atoms with Crippen molar-refractivity contribution in [3.63, 3.8) is 0 Å². The minimum atomic E-state index is -1.06. The van der Waals surface area contributed by atoms with Gasteiger partial charge in [-0.1, -0.05) is 17.7 Å². The summed E-state index contributed by atoms with van der Waals surface area (Å²) in [6, 6.07) is 6.60. The Hall–Kier alpha value is -2.34. The lowest BCUT2D eigenvalue weighted by Crippen LogP contribution is -2.05. The van der Waals surface area contributed by atoms with Crippen LogP contribution in [0.15, 0.2) is 36.4 Å². The van der Waals surface area contributed by atoms with Crippen molar-refractivity contribution in [2.45, 2.75) is 6.42 Å². The predicted octanol–water partition coefficient (Wildman–Crippen LogP) is 3.95. The number of hydrogen-bond donors (Lipinski definition) is 0. The molecule has 0 atom stereocenters. The molecule has 0 unspecified atom stereocenters. The normalized spacial score (nSPS) is 10.4. The van der Waals surface area contributed by atoms with E-state index in [0.717, 1.165) is 24.3 Å². The lowest BCUT2D eigenvalue weighted by Gasteiger charge is -2.03. The van der Waals surface area contributed by atoms with Crippen molar-refractivity contribution >= 4 is 23.1 Å². The Morgan fingerprint density at radius 2 is 1.86 bits per heavy atom. The van der Waals surface area contributed by atoms with Crippen molar-refractivity contribution in [1.29, 1.82) is 0 Å². The van der Waals surface area contributed by atoms with E-state index in [2.05, 4.69) is 0 Å². The average Bonchev–Trinajstić information content (AvgIpc) is 2.42. The van der Waals surface area contributed by atoms with Crippen molar-refractivity contribution in [3.05, 3.63) is 74.3 Å². The minimum absolute atomic E-state index is 0.0407. The Kier molecular flexibility index (Phi) is 4.28. The van der Waals surface area contributed by atoms with Gasteiger partial charge in [-0.05, 0) is 23.8 Å². The summed E-state index contributed by atoms with van der Waals surface area (Å²) in [6.07, 6.45) is -0.214. The molecule has 108 valence electrons. The van der Waals surface area contributed by atoms with E-state index in [0.29, 0.717) is 0 Å². The van der Waals surface area contributed by atoms with E-state index in [9.17, 15) is 23.7 Å². The quantitative estimate of drug-likeness (QED) is 0.488. The second-order valence-corrected chi connectivity index (χ2v) is 4.74. The number of carbonyl (C=O) groups is 1. The van der Waals surface area contributed by atoms with Gasteiger partial charge in [-0.25, -0.2) is 8.78 Å². The van der Waals surface area contributed by atoms with E-state index in [-0.39, 0.29) is 28.3 Å². The zero-order valence-corrected chi connectivity index (χ0v) is 11.2. The van der Waals surface area contributed by atoms with Gasteiger partial charge >= 0.3 is 0 Å². The summed E-state index contributed by atoms with van der Waals surface area (Å²) < 4.78 is 25.9. The standard InChI is InChI=1S/C14H8ClF2NO3/c15-10-5-9(6-11(7-10)18(20)21)14(19)4-8-1-2-12(16)13(17)3-8/h1-3,5-7H,4H2. The summed E-state index contributed by atoms with van der Waals surface area (Å²) in [4.78, 5) is 22.1. The number of non-ortho nitro benzene ring substituents is 1. The second-order valence-electron chi connectivity index (χ2n) is 4.30. The van der Waals surface area contributed by atoms with E-state index < -0.39 is 22.3 Å². The molecule has 0 aromatic heterocycles. The van der Waals surface area contributed by atoms with Gasteiger partial charge in [-0.15, -0.1) is 0 Å². The van der Waals surface area contributed by atoms with Crippen LogP contribution < -0.4 is 0 Å². The maximum atomic E-state index is 13.1. The van der Waals surface area contributed by atoms with E-state index >= 15 is 0 Å². The number of benzene rings is 2. The number of rotatable bonds is 4. The first kappa shape index (κ1) is 15.1. The SMILES string of the molecule is O=C(Cc1ccc(F)c(F)c1)c1cc(Cl)cc([N+](=O)[O-])c1. The van der Waals surface area contributed by atoms with E-state index in [1.54, 1.807) is 0 Å². The van der Waals surface area contributed by atoms with Gasteiger partial charge in [0, 0.05) is 29.1 Å². The molecule has 0 radical (unpaired) electrons. The molecular formula is C14H8ClF2NO3. The Bertz CT molecular complexity index is 734. The number of nitro benzene ring substituents is 1. The Labute approximate surface area is 123 Å². The van der Waals surface area contributed by atoms with Crippen molar-refractivity contribution in [2.24, 2.45) is 0 Å². The number of nitro groups is 1. The largest absolute Gasteiger partial charge is 0.294 e. The summed E-state index contributed by atoms with van der Waals surface area (Å²) in [6.45, 7) is 0. The van der Waals surface area contributed by atoms with Gasteiger partial charge in [0.05, 0.1) is 4.92 Å². The van der Waals surface area contributed by atoms with Crippen LogP contribution >= 0.6 is 11.6 Å². The topological polar surface area (TPSA) is 60.2 Å². The Morgan fingerprint density at radius 1 is 1.14 bits per heavy atom. The van der Waals surface area contributed by atoms with Crippen LogP contribution in [0.5, 0.6) is 0 Å². The predicted molar refractivity (Wildman–Crippen MR) is 72.5 cm³/mol. The van der Waals surface area contributed by atoms with Gasteiger partial charge in [0.25, 0.3) is 5.69 Å². The number of nitrogens with zero attached hydrogens (tertiary/aromatic N) is 1. The molecule has 4 nitrogen and oxygen atoms in total. The molecule has 2 aromatic carbocycles. The average molecular weight is 312 g/mol. The second kappa shape index (κ2) is 5.97. The molecule has 2 rings (SSSR count). The molecule has 21 heavy (non-hydrogen) atoms. The van der Waals surface area contributed by atoms with Gasteiger partial charge in [-0.3, -0.25) is 14.9 Å². The van der Waals surface area contributed by atoms with Gasteiger partial charge in [0.15, 0.2) is 17.4 Å².